The van der Waals surface area contributed by atoms with E-state index in [1.165, 1.54) is 16.8 Å². The molecule has 0 N–H and O–H groups in total. The van der Waals surface area contributed by atoms with Gasteiger partial charge < -0.3 is 4.90 Å². The summed E-state index contributed by atoms with van der Waals surface area (Å²) in [5.41, 5.74) is 4.02. The molecule has 0 amide bonds. The minimum Gasteiger partial charge on any atom is -0.374 e. The summed E-state index contributed by atoms with van der Waals surface area (Å²) >= 11 is 5.69. The molecule has 0 bridgehead atoms. The molecule has 1 aromatic carbocycles. The maximum atomic E-state index is 5.69. The molecular formula is C12H18ClN. The first-order chi connectivity index (χ1) is 6.66. The highest BCUT2D eigenvalue weighted by atomic mass is 35.5. The van der Waals surface area contributed by atoms with Crippen molar-refractivity contribution < 1.29 is 0 Å². The van der Waals surface area contributed by atoms with E-state index in [1.54, 1.807) is 0 Å². The molecule has 0 unspecified atom stereocenters. The van der Waals surface area contributed by atoms with Gasteiger partial charge in [0.15, 0.2) is 0 Å². The number of aryl methyl sites for hydroxylation is 2. The number of nitrogens with zero attached hydrogens (tertiary/aromatic N) is 1. The predicted octanol–water partition coefficient (Wildman–Crippen LogP) is 3.37. The summed E-state index contributed by atoms with van der Waals surface area (Å²) in [4.78, 5) is 2.28. The van der Waals surface area contributed by atoms with E-state index in [9.17, 15) is 0 Å². The van der Waals surface area contributed by atoms with Crippen LogP contribution in [0.1, 0.15) is 17.5 Å². The second kappa shape index (κ2) is 5.26. The Morgan fingerprint density at radius 1 is 1.21 bits per heavy atom. The van der Waals surface area contributed by atoms with Gasteiger partial charge in [-0.1, -0.05) is 18.2 Å². The molecule has 0 saturated heterocycles. The molecule has 0 aromatic heterocycles. The summed E-state index contributed by atoms with van der Waals surface area (Å²) in [5, 5.41) is 0. The van der Waals surface area contributed by atoms with E-state index in [2.05, 4.69) is 44.0 Å². The van der Waals surface area contributed by atoms with Gasteiger partial charge in [-0.3, -0.25) is 0 Å². The largest absolute Gasteiger partial charge is 0.374 e. The van der Waals surface area contributed by atoms with Crippen molar-refractivity contribution in [2.75, 3.05) is 24.4 Å². The normalized spacial score (nSPS) is 10.3. The summed E-state index contributed by atoms with van der Waals surface area (Å²) in [6.07, 6.45) is 1.03. The van der Waals surface area contributed by atoms with Crippen LogP contribution in [-0.2, 0) is 0 Å². The molecule has 0 atom stereocenters. The molecule has 14 heavy (non-hydrogen) atoms. The topological polar surface area (TPSA) is 3.24 Å². The number of rotatable bonds is 4. The molecule has 2 heteroatoms. The van der Waals surface area contributed by atoms with Crippen molar-refractivity contribution in [2.45, 2.75) is 20.3 Å². The van der Waals surface area contributed by atoms with E-state index in [1.807, 2.05) is 0 Å². The number of hydrogen-bond donors (Lipinski definition) is 0. The summed E-state index contributed by atoms with van der Waals surface area (Å²) in [5.74, 6) is 0.731. The quantitative estimate of drug-likeness (QED) is 0.691. The highest BCUT2D eigenvalue weighted by Gasteiger charge is 2.06. The van der Waals surface area contributed by atoms with Crippen LogP contribution in [0.3, 0.4) is 0 Å². The van der Waals surface area contributed by atoms with Gasteiger partial charge in [0.25, 0.3) is 0 Å². The summed E-state index contributed by atoms with van der Waals surface area (Å²) in [7, 11) is 2.13. The Balaban J connectivity index is 2.82. The van der Waals surface area contributed by atoms with Crippen molar-refractivity contribution in [1.82, 2.24) is 0 Å². The average molecular weight is 212 g/mol. The second-order valence-corrected chi connectivity index (χ2v) is 4.08. The van der Waals surface area contributed by atoms with Crippen molar-refractivity contribution in [3.63, 3.8) is 0 Å². The Morgan fingerprint density at radius 2 is 1.79 bits per heavy atom. The van der Waals surface area contributed by atoms with Gasteiger partial charge in [0, 0.05) is 25.2 Å². The van der Waals surface area contributed by atoms with E-state index >= 15 is 0 Å². The van der Waals surface area contributed by atoms with Crippen LogP contribution >= 0.6 is 11.6 Å². The van der Waals surface area contributed by atoms with Gasteiger partial charge in [-0.15, -0.1) is 11.6 Å². The number of alkyl halides is 1. The highest BCUT2D eigenvalue weighted by Crippen LogP contribution is 2.23. The Bertz CT molecular complexity index is 276. The molecule has 78 valence electrons. The van der Waals surface area contributed by atoms with E-state index in [0.29, 0.717) is 0 Å². The third kappa shape index (κ3) is 2.65. The van der Waals surface area contributed by atoms with Crippen molar-refractivity contribution in [1.29, 1.82) is 0 Å². The van der Waals surface area contributed by atoms with Crippen molar-refractivity contribution in [3.05, 3.63) is 29.3 Å². The summed E-state index contributed by atoms with van der Waals surface area (Å²) in [6, 6.07) is 6.41. The minimum atomic E-state index is 0.731. The van der Waals surface area contributed by atoms with Gasteiger partial charge in [-0.05, 0) is 31.4 Å². The van der Waals surface area contributed by atoms with Crippen LogP contribution in [-0.4, -0.2) is 19.5 Å². The Kier molecular flexibility index (Phi) is 4.27. The second-order valence-electron chi connectivity index (χ2n) is 3.70. The molecule has 0 saturated carbocycles. The number of para-hydroxylation sites is 1. The van der Waals surface area contributed by atoms with E-state index in [0.717, 1.165) is 18.8 Å². The summed E-state index contributed by atoms with van der Waals surface area (Å²) < 4.78 is 0. The lowest BCUT2D eigenvalue weighted by molar-refractivity contribution is 0.850. The zero-order valence-electron chi connectivity index (χ0n) is 9.18. The van der Waals surface area contributed by atoms with Crippen LogP contribution in [0.25, 0.3) is 0 Å². The molecule has 0 heterocycles. The van der Waals surface area contributed by atoms with Gasteiger partial charge in [-0.25, -0.2) is 0 Å². The molecule has 0 aliphatic rings. The fourth-order valence-electron chi connectivity index (χ4n) is 1.82. The monoisotopic (exact) mass is 211 g/mol. The third-order valence-corrected chi connectivity index (χ3v) is 2.72. The van der Waals surface area contributed by atoms with Crippen LogP contribution in [0.4, 0.5) is 5.69 Å². The molecule has 0 aliphatic heterocycles. The van der Waals surface area contributed by atoms with Crippen molar-refractivity contribution in [2.24, 2.45) is 0 Å². The average Bonchev–Trinajstić information content (AvgIpc) is 2.14. The number of halogens is 1. The molecule has 0 spiro atoms. The van der Waals surface area contributed by atoms with E-state index in [-0.39, 0.29) is 0 Å². The van der Waals surface area contributed by atoms with Gasteiger partial charge in [-0.2, -0.15) is 0 Å². The minimum absolute atomic E-state index is 0.731. The first-order valence-corrected chi connectivity index (χ1v) is 5.53. The fraction of sp³-hybridized carbons (Fsp3) is 0.500. The van der Waals surface area contributed by atoms with Crippen LogP contribution in [0.15, 0.2) is 18.2 Å². The first-order valence-electron chi connectivity index (χ1n) is 5.00. The van der Waals surface area contributed by atoms with Crippen molar-refractivity contribution in [3.8, 4) is 0 Å². The zero-order chi connectivity index (χ0) is 10.6. The number of hydrogen-bond acceptors (Lipinski definition) is 1. The lowest BCUT2D eigenvalue weighted by Crippen LogP contribution is -2.20. The fourth-order valence-corrected chi connectivity index (χ4v) is 1.94. The maximum absolute atomic E-state index is 5.69. The van der Waals surface area contributed by atoms with Gasteiger partial charge in [0.2, 0.25) is 0 Å². The lowest BCUT2D eigenvalue weighted by atomic mass is 10.1. The molecular weight excluding hydrogens is 194 g/mol. The van der Waals surface area contributed by atoms with Gasteiger partial charge in [0.1, 0.15) is 0 Å². The van der Waals surface area contributed by atoms with Gasteiger partial charge in [0.05, 0.1) is 0 Å². The smallest absolute Gasteiger partial charge is 0.0423 e. The van der Waals surface area contributed by atoms with E-state index in [4.69, 9.17) is 11.6 Å². The molecule has 0 aliphatic carbocycles. The highest BCUT2D eigenvalue weighted by molar-refractivity contribution is 6.17. The predicted molar refractivity (Wildman–Crippen MR) is 64.5 cm³/mol. The van der Waals surface area contributed by atoms with Crippen LogP contribution in [0, 0.1) is 13.8 Å². The summed E-state index contributed by atoms with van der Waals surface area (Å²) in [6.45, 7) is 5.33. The Hall–Kier alpha value is -0.690. The van der Waals surface area contributed by atoms with Crippen LogP contribution in [0.5, 0.6) is 0 Å². The van der Waals surface area contributed by atoms with Crippen molar-refractivity contribution >= 4 is 17.3 Å². The van der Waals surface area contributed by atoms with Crippen LogP contribution in [0.2, 0.25) is 0 Å². The molecule has 0 fully saturated rings. The molecule has 0 radical (unpaired) electrons. The molecule has 1 nitrogen and oxygen atoms in total. The standard InChI is InChI=1S/C12H18ClN/c1-10-6-4-7-11(2)12(10)14(3)9-5-8-13/h4,6-7H,5,8-9H2,1-3H3. The lowest BCUT2D eigenvalue weighted by Gasteiger charge is -2.23. The third-order valence-electron chi connectivity index (χ3n) is 2.45. The molecule has 1 rings (SSSR count). The molecule has 1 aromatic rings. The first kappa shape index (κ1) is 11.4. The number of anilines is 1. The zero-order valence-corrected chi connectivity index (χ0v) is 9.93. The Morgan fingerprint density at radius 3 is 2.29 bits per heavy atom. The number of benzene rings is 1. The van der Waals surface area contributed by atoms with E-state index < -0.39 is 0 Å². The van der Waals surface area contributed by atoms with Gasteiger partial charge >= 0.3 is 0 Å². The Labute approximate surface area is 91.7 Å². The maximum Gasteiger partial charge on any atom is 0.0423 e. The van der Waals surface area contributed by atoms with Crippen LogP contribution < -0.4 is 4.90 Å². The SMILES string of the molecule is Cc1cccc(C)c1N(C)CCCCl.